The fourth-order valence-corrected chi connectivity index (χ4v) is 2.89. The number of nitrogens with one attached hydrogen (secondary N) is 1. The Morgan fingerprint density at radius 1 is 1.27 bits per heavy atom. The molecule has 1 aromatic heterocycles. The number of hydrogen-bond donors (Lipinski definition) is 3. The second-order valence-corrected chi connectivity index (χ2v) is 6.43. The van der Waals surface area contributed by atoms with Gasteiger partial charge in [-0.05, 0) is 25.1 Å². The second kappa shape index (κ2) is 11.6. The lowest BCUT2D eigenvalue weighted by atomic mass is 10.1. The molecule has 3 rings (SSSR count). The predicted molar refractivity (Wildman–Crippen MR) is 110 cm³/mol. The summed E-state index contributed by atoms with van der Waals surface area (Å²) in [5.74, 6) is 0.854. The number of aromatic amines is 1. The van der Waals surface area contributed by atoms with Crippen LogP contribution < -0.4 is 20.1 Å². The highest BCUT2D eigenvalue weighted by Gasteiger charge is 2.26. The van der Waals surface area contributed by atoms with Crippen LogP contribution in [0.5, 0.6) is 11.5 Å². The van der Waals surface area contributed by atoms with E-state index in [4.69, 9.17) is 25.1 Å². The van der Waals surface area contributed by atoms with Gasteiger partial charge in [-0.3, -0.25) is 9.59 Å². The average Bonchev–Trinajstić information content (AvgIpc) is 3.28. The van der Waals surface area contributed by atoms with Crippen LogP contribution in [0, 0.1) is 0 Å². The zero-order valence-electron chi connectivity index (χ0n) is 17.2. The highest BCUT2D eigenvalue weighted by Crippen LogP contribution is 2.32. The van der Waals surface area contributed by atoms with Gasteiger partial charge in [0, 0.05) is 33.1 Å². The van der Waals surface area contributed by atoms with E-state index in [1.54, 1.807) is 25.3 Å². The number of nitrogens with zero attached hydrogens (tertiary/aromatic N) is 4. The van der Waals surface area contributed by atoms with E-state index in [9.17, 15) is 4.79 Å². The molecule has 1 saturated heterocycles. The molecule has 11 heteroatoms. The molecule has 0 bridgehead atoms. The third-order valence-corrected chi connectivity index (χ3v) is 4.29. The number of carboxylic acids is 1. The maximum Gasteiger partial charge on any atom is 0.300 e. The van der Waals surface area contributed by atoms with Gasteiger partial charge in [0.15, 0.2) is 11.5 Å². The molecule has 4 N–H and O–H groups in total. The van der Waals surface area contributed by atoms with Crippen molar-refractivity contribution < 1.29 is 24.2 Å². The quantitative estimate of drug-likeness (QED) is 0.548. The van der Waals surface area contributed by atoms with Crippen molar-refractivity contribution in [2.75, 3.05) is 51.3 Å². The molecule has 0 aliphatic carbocycles. The Hall–Kier alpha value is -3.34. The molecule has 1 aliphatic rings. The number of ether oxygens (including phenoxy) is 2. The number of para-hydroxylation sites is 1. The van der Waals surface area contributed by atoms with Crippen LogP contribution >= 0.6 is 0 Å². The van der Waals surface area contributed by atoms with Crippen molar-refractivity contribution in [2.24, 2.45) is 5.73 Å². The van der Waals surface area contributed by atoms with Crippen LogP contribution in [0.25, 0.3) is 0 Å². The Kier molecular flexibility index (Phi) is 8.88. The minimum atomic E-state index is -0.833. The number of H-pyrrole nitrogens is 1. The third-order valence-electron chi connectivity index (χ3n) is 4.29. The first-order valence-corrected chi connectivity index (χ1v) is 9.57. The standard InChI is InChI=1S/C17H24N6O3.C2H4O2/c1-25-14-5-2-4-13(15(14)26-11-3-6-18)16(24)22-7-9-23(10-8-22)17-19-12-20-21-17;1-2(3)4/h2,4-5,12H,3,6-11,18H2,1H3,(H,19,20,21);1H3,(H,3,4). The number of carbonyl (C=O) groups excluding carboxylic acids is 1. The van der Waals surface area contributed by atoms with E-state index in [-0.39, 0.29) is 5.91 Å². The van der Waals surface area contributed by atoms with Crippen molar-refractivity contribution in [1.82, 2.24) is 20.1 Å². The number of carbonyl (C=O) groups is 2. The van der Waals surface area contributed by atoms with Gasteiger partial charge in [-0.1, -0.05) is 6.07 Å². The molecule has 0 spiro atoms. The molecule has 0 radical (unpaired) electrons. The van der Waals surface area contributed by atoms with Crippen molar-refractivity contribution in [2.45, 2.75) is 13.3 Å². The average molecular weight is 420 g/mol. The number of nitrogens with two attached hydrogens (primary N) is 1. The molecule has 0 saturated carbocycles. The second-order valence-electron chi connectivity index (χ2n) is 6.43. The van der Waals surface area contributed by atoms with Gasteiger partial charge in [0.25, 0.3) is 11.9 Å². The number of methoxy groups -OCH3 is 1. The number of benzene rings is 1. The number of rotatable bonds is 7. The van der Waals surface area contributed by atoms with Crippen LogP contribution in [0.4, 0.5) is 5.95 Å². The van der Waals surface area contributed by atoms with Gasteiger partial charge in [-0.25, -0.2) is 5.10 Å². The zero-order valence-corrected chi connectivity index (χ0v) is 17.2. The van der Waals surface area contributed by atoms with Crippen LogP contribution in [0.2, 0.25) is 0 Å². The number of carboxylic acid groups (broad SMARTS) is 1. The summed E-state index contributed by atoms with van der Waals surface area (Å²) in [4.78, 5) is 30.1. The van der Waals surface area contributed by atoms with Crippen LogP contribution in [0.1, 0.15) is 23.7 Å². The summed E-state index contributed by atoms with van der Waals surface area (Å²) in [5, 5.41) is 14.1. The summed E-state index contributed by atoms with van der Waals surface area (Å²) < 4.78 is 11.2. The number of aromatic nitrogens is 3. The molecule has 30 heavy (non-hydrogen) atoms. The summed E-state index contributed by atoms with van der Waals surface area (Å²) in [6, 6.07) is 5.36. The SMILES string of the molecule is CC(=O)O.COc1cccc(C(=O)N2CCN(c3ncn[nH]3)CC2)c1OCCCN. The monoisotopic (exact) mass is 420 g/mol. The normalized spacial score (nSPS) is 13.3. The molecule has 2 heterocycles. The Bertz CT molecular complexity index is 802. The fraction of sp³-hybridized carbons (Fsp3) is 0.474. The molecule has 1 aromatic carbocycles. The molecule has 1 fully saturated rings. The van der Waals surface area contributed by atoms with Gasteiger partial charge in [-0.2, -0.15) is 10.1 Å². The van der Waals surface area contributed by atoms with E-state index < -0.39 is 5.97 Å². The highest BCUT2D eigenvalue weighted by molar-refractivity contribution is 5.98. The highest BCUT2D eigenvalue weighted by atomic mass is 16.5. The molecule has 0 unspecified atom stereocenters. The van der Waals surface area contributed by atoms with E-state index in [0.29, 0.717) is 62.8 Å². The first-order valence-electron chi connectivity index (χ1n) is 9.57. The molecular weight excluding hydrogens is 392 g/mol. The van der Waals surface area contributed by atoms with Crippen molar-refractivity contribution in [1.29, 1.82) is 0 Å². The van der Waals surface area contributed by atoms with E-state index in [1.165, 1.54) is 6.33 Å². The Morgan fingerprint density at radius 2 is 1.97 bits per heavy atom. The van der Waals surface area contributed by atoms with E-state index in [1.807, 2.05) is 4.90 Å². The molecule has 1 aliphatic heterocycles. The van der Waals surface area contributed by atoms with Crippen LogP contribution in [-0.2, 0) is 4.79 Å². The van der Waals surface area contributed by atoms with E-state index in [2.05, 4.69) is 20.1 Å². The van der Waals surface area contributed by atoms with Gasteiger partial charge < -0.3 is 30.1 Å². The van der Waals surface area contributed by atoms with Crippen molar-refractivity contribution in [3.8, 4) is 11.5 Å². The Morgan fingerprint density at radius 3 is 2.53 bits per heavy atom. The Balaban J connectivity index is 0.000000735. The number of amides is 1. The maximum atomic E-state index is 13.0. The van der Waals surface area contributed by atoms with Gasteiger partial charge in [0.2, 0.25) is 5.95 Å². The van der Waals surface area contributed by atoms with Gasteiger partial charge in [0.1, 0.15) is 6.33 Å². The maximum absolute atomic E-state index is 13.0. The van der Waals surface area contributed by atoms with Gasteiger partial charge in [0.05, 0.1) is 19.3 Å². The zero-order chi connectivity index (χ0) is 21.9. The molecule has 11 nitrogen and oxygen atoms in total. The summed E-state index contributed by atoms with van der Waals surface area (Å²) in [6.45, 7) is 4.62. The molecule has 1 amide bonds. The summed E-state index contributed by atoms with van der Waals surface area (Å²) in [7, 11) is 1.57. The van der Waals surface area contributed by atoms with E-state index in [0.717, 1.165) is 12.9 Å². The van der Waals surface area contributed by atoms with Crippen LogP contribution in [0.3, 0.4) is 0 Å². The van der Waals surface area contributed by atoms with Gasteiger partial charge >= 0.3 is 0 Å². The summed E-state index contributed by atoms with van der Waals surface area (Å²) >= 11 is 0. The van der Waals surface area contributed by atoms with Crippen molar-refractivity contribution >= 4 is 17.8 Å². The van der Waals surface area contributed by atoms with Gasteiger partial charge in [-0.15, -0.1) is 0 Å². The molecule has 164 valence electrons. The lowest BCUT2D eigenvalue weighted by molar-refractivity contribution is -0.134. The molecule has 2 aromatic rings. The number of piperazine rings is 1. The summed E-state index contributed by atoms with van der Waals surface area (Å²) in [6.07, 6.45) is 2.19. The first kappa shape index (κ1) is 22.9. The number of anilines is 1. The topological polar surface area (TPSA) is 147 Å². The summed E-state index contributed by atoms with van der Waals surface area (Å²) in [5.41, 5.74) is 6.04. The van der Waals surface area contributed by atoms with Crippen molar-refractivity contribution in [3.63, 3.8) is 0 Å². The lowest BCUT2D eigenvalue weighted by Gasteiger charge is -2.34. The fourth-order valence-electron chi connectivity index (χ4n) is 2.89. The largest absolute Gasteiger partial charge is 0.493 e. The molecular formula is C19H28N6O5. The predicted octanol–water partition coefficient (Wildman–Crippen LogP) is 0.594. The van der Waals surface area contributed by atoms with Crippen molar-refractivity contribution in [3.05, 3.63) is 30.1 Å². The molecule has 0 atom stereocenters. The van der Waals surface area contributed by atoms with Crippen LogP contribution in [0.15, 0.2) is 24.5 Å². The number of hydrogen-bond acceptors (Lipinski definition) is 8. The minimum Gasteiger partial charge on any atom is -0.493 e. The minimum absolute atomic E-state index is 0.0659. The first-order chi connectivity index (χ1) is 14.5. The lowest BCUT2D eigenvalue weighted by Crippen LogP contribution is -2.49. The van der Waals surface area contributed by atoms with Crippen LogP contribution in [-0.4, -0.2) is 83.5 Å². The Labute approximate surface area is 174 Å². The third kappa shape index (κ3) is 6.34. The smallest absolute Gasteiger partial charge is 0.300 e. The van der Waals surface area contributed by atoms with E-state index >= 15 is 0 Å². The number of aliphatic carboxylic acids is 1.